The lowest BCUT2D eigenvalue weighted by Crippen LogP contribution is -2.29. The van der Waals surface area contributed by atoms with Gasteiger partial charge in [-0.05, 0) is 18.6 Å². The molecule has 2 aromatic rings. The minimum Gasteiger partial charge on any atom is -0.398 e. The summed E-state index contributed by atoms with van der Waals surface area (Å²) in [4.78, 5) is 4.30. The first-order chi connectivity index (χ1) is 9.34. The van der Waals surface area contributed by atoms with Crippen molar-refractivity contribution in [3.63, 3.8) is 0 Å². The second kappa shape index (κ2) is 5.26. The molecular weight excluding hydrogens is 276 g/mol. The van der Waals surface area contributed by atoms with Gasteiger partial charge in [-0.3, -0.25) is 0 Å². The third kappa shape index (κ3) is 2.54. The van der Waals surface area contributed by atoms with Crippen LogP contribution >= 0.6 is 0 Å². The molecule has 0 radical (unpaired) electrons. The van der Waals surface area contributed by atoms with Crippen molar-refractivity contribution in [2.45, 2.75) is 18.4 Å². The molecular formula is C13H18N4O2S. The zero-order chi connectivity index (χ0) is 14.9. The van der Waals surface area contributed by atoms with Gasteiger partial charge in [-0.2, -0.15) is 4.31 Å². The van der Waals surface area contributed by atoms with Crippen molar-refractivity contribution in [2.24, 2.45) is 7.05 Å². The third-order valence-corrected chi connectivity index (χ3v) is 5.22. The lowest BCUT2D eigenvalue weighted by atomic mass is 10.2. The Hall–Kier alpha value is -1.86. The molecule has 108 valence electrons. The van der Waals surface area contributed by atoms with Crippen molar-refractivity contribution in [3.8, 4) is 0 Å². The number of hydrogen-bond donors (Lipinski definition) is 1. The fourth-order valence-corrected chi connectivity index (χ4v) is 3.45. The van der Waals surface area contributed by atoms with Crippen LogP contribution in [0, 0.1) is 6.92 Å². The summed E-state index contributed by atoms with van der Waals surface area (Å²) in [5.74, 6) is 0.670. The van der Waals surface area contributed by atoms with E-state index >= 15 is 0 Å². The molecule has 1 heterocycles. The van der Waals surface area contributed by atoms with Crippen molar-refractivity contribution in [2.75, 3.05) is 12.8 Å². The molecule has 0 fully saturated rings. The van der Waals surface area contributed by atoms with Gasteiger partial charge >= 0.3 is 0 Å². The van der Waals surface area contributed by atoms with Crippen molar-refractivity contribution >= 4 is 15.7 Å². The maximum Gasteiger partial charge on any atom is 0.245 e. The predicted molar refractivity (Wildman–Crippen MR) is 77.5 cm³/mol. The molecule has 0 atom stereocenters. The lowest BCUT2D eigenvalue weighted by Gasteiger charge is -2.19. The second-order valence-electron chi connectivity index (χ2n) is 4.71. The molecule has 0 aliphatic carbocycles. The predicted octanol–water partition coefficient (Wildman–Crippen LogP) is 1.13. The number of rotatable bonds is 4. The Bertz CT molecular complexity index is 701. The first kappa shape index (κ1) is 14.5. The van der Waals surface area contributed by atoms with Crippen LogP contribution in [0.4, 0.5) is 5.69 Å². The minimum absolute atomic E-state index is 0.164. The first-order valence-electron chi connectivity index (χ1n) is 6.11. The fourth-order valence-electron chi connectivity index (χ4n) is 2.02. The molecule has 20 heavy (non-hydrogen) atoms. The summed E-state index contributed by atoms with van der Waals surface area (Å²) < 4.78 is 28.3. The molecule has 1 aromatic heterocycles. The Morgan fingerprint density at radius 3 is 2.65 bits per heavy atom. The number of aryl methyl sites for hydroxylation is 2. The highest BCUT2D eigenvalue weighted by Crippen LogP contribution is 2.25. The molecule has 0 amide bonds. The Kier molecular flexibility index (Phi) is 3.82. The van der Waals surface area contributed by atoms with Crippen LogP contribution in [-0.4, -0.2) is 29.3 Å². The molecule has 0 aliphatic heterocycles. The van der Waals surface area contributed by atoms with Crippen LogP contribution in [0.5, 0.6) is 0 Å². The van der Waals surface area contributed by atoms with Gasteiger partial charge in [-0.15, -0.1) is 0 Å². The number of hydrogen-bond acceptors (Lipinski definition) is 4. The van der Waals surface area contributed by atoms with Crippen molar-refractivity contribution in [1.29, 1.82) is 0 Å². The average molecular weight is 294 g/mol. The number of nitrogens with zero attached hydrogens (tertiary/aromatic N) is 3. The Morgan fingerprint density at radius 1 is 1.40 bits per heavy atom. The van der Waals surface area contributed by atoms with E-state index in [1.54, 1.807) is 42.1 Å². The molecule has 2 rings (SSSR count). The highest BCUT2D eigenvalue weighted by Gasteiger charge is 2.26. The monoisotopic (exact) mass is 294 g/mol. The summed E-state index contributed by atoms with van der Waals surface area (Å²) >= 11 is 0. The van der Waals surface area contributed by atoms with Crippen molar-refractivity contribution < 1.29 is 8.42 Å². The molecule has 0 saturated carbocycles. The summed E-state index contributed by atoms with van der Waals surface area (Å²) in [7, 11) is -0.290. The zero-order valence-corrected chi connectivity index (χ0v) is 12.6. The van der Waals surface area contributed by atoms with Crippen LogP contribution in [0.2, 0.25) is 0 Å². The Morgan fingerprint density at radius 2 is 2.10 bits per heavy atom. The highest BCUT2D eigenvalue weighted by atomic mass is 32.2. The van der Waals surface area contributed by atoms with Gasteiger partial charge in [0.25, 0.3) is 0 Å². The maximum atomic E-state index is 12.6. The van der Waals surface area contributed by atoms with E-state index in [0.29, 0.717) is 11.4 Å². The van der Waals surface area contributed by atoms with Gasteiger partial charge < -0.3 is 10.3 Å². The van der Waals surface area contributed by atoms with E-state index in [-0.39, 0.29) is 17.1 Å². The second-order valence-corrected chi connectivity index (χ2v) is 6.69. The SMILES string of the molecule is Cc1cccc(N)c1S(=O)(=O)N(C)Cc1nccn1C. The Balaban J connectivity index is 2.38. The number of imidazole rings is 1. The Labute approximate surface area is 118 Å². The maximum absolute atomic E-state index is 12.6. The van der Waals surface area contributed by atoms with Gasteiger partial charge in [0.1, 0.15) is 10.7 Å². The molecule has 1 aromatic carbocycles. The normalized spacial score (nSPS) is 12.0. The molecule has 0 saturated heterocycles. The molecule has 7 heteroatoms. The summed E-state index contributed by atoms with van der Waals surface area (Å²) in [5, 5.41) is 0. The largest absolute Gasteiger partial charge is 0.398 e. The molecule has 0 spiro atoms. The zero-order valence-electron chi connectivity index (χ0n) is 11.7. The number of nitrogens with two attached hydrogens (primary N) is 1. The average Bonchev–Trinajstić information content (AvgIpc) is 2.74. The first-order valence-corrected chi connectivity index (χ1v) is 7.55. The van der Waals surface area contributed by atoms with E-state index in [2.05, 4.69) is 4.98 Å². The van der Waals surface area contributed by atoms with Crippen LogP contribution < -0.4 is 5.73 Å². The van der Waals surface area contributed by atoms with Crippen LogP contribution in [0.25, 0.3) is 0 Å². The van der Waals surface area contributed by atoms with E-state index in [4.69, 9.17) is 5.73 Å². The summed E-state index contributed by atoms with van der Waals surface area (Å²) in [6.45, 7) is 1.93. The lowest BCUT2D eigenvalue weighted by molar-refractivity contribution is 0.451. The van der Waals surface area contributed by atoms with Gasteiger partial charge in [0.05, 0.1) is 12.2 Å². The summed E-state index contributed by atoms with van der Waals surface area (Å²) in [6.07, 6.45) is 3.41. The molecule has 6 nitrogen and oxygen atoms in total. The fraction of sp³-hybridized carbons (Fsp3) is 0.308. The van der Waals surface area contributed by atoms with E-state index in [0.717, 1.165) is 0 Å². The quantitative estimate of drug-likeness (QED) is 0.857. The van der Waals surface area contributed by atoms with Crippen LogP contribution in [0.15, 0.2) is 35.5 Å². The number of benzene rings is 1. The molecule has 2 N–H and O–H groups in total. The van der Waals surface area contributed by atoms with Gasteiger partial charge in [-0.25, -0.2) is 13.4 Å². The standard InChI is InChI=1S/C13H18N4O2S/c1-10-5-4-6-11(14)13(10)20(18,19)17(3)9-12-15-7-8-16(12)2/h4-8H,9,14H2,1-3H3. The van der Waals surface area contributed by atoms with E-state index in [1.807, 2.05) is 7.05 Å². The van der Waals surface area contributed by atoms with E-state index < -0.39 is 10.0 Å². The smallest absolute Gasteiger partial charge is 0.245 e. The van der Waals surface area contributed by atoms with E-state index in [1.165, 1.54) is 11.4 Å². The number of nitrogen functional groups attached to an aromatic ring is 1. The van der Waals surface area contributed by atoms with Crippen LogP contribution in [0.1, 0.15) is 11.4 Å². The highest BCUT2D eigenvalue weighted by molar-refractivity contribution is 7.89. The number of sulfonamides is 1. The summed E-state index contributed by atoms with van der Waals surface area (Å²) in [5.41, 5.74) is 6.72. The van der Waals surface area contributed by atoms with Crippen molar-refractivity contribution in [3.05, 3.63) is 42.0 Å². The molecule has 0 aliphatic rings. The van der Waals surface area contributed by atoms with Crippen LogP contribution in [-0.2, 0) is 23.6 Å². The summed E-state index contributed by atoms with van der Waals surface area (Å²) in [6, 6.07) is 5.06. The minimum atomic E-state index is -3.64. The van der Waals surface area contributed by atoms with Gasteiger partial charge in [-0.1, -0.05) is 12.1 Å². The van der Waals surface area contributed by atoms with Crippen molar-refractivity contribution in [1.82, 2.24) is 13.9 Å². The van der Waals surface area contributed by atoms with Crippen LogP contribution in [0.3, 0.4) is 0 Å². The number of anilines is 1. The molecule has 0 unspecified atom stereocenters. The topological polar surface area (TPSA) is 81.2 Å². The van der Waals surface area contributed by atoms with Gasteiger partial charge in [0, 0.05) is 26.5 Å². The van der Waals surface area contributed by atoms with E-state index in [9.17, 15) is 8.42 Å². The van der Waals surface area contributed by atoms with Gasteiger partial charge in [0.2, 0.25) is 10.0 Å². The third-order valence-electron chi connectivity index (χ3n) is 3.20. The number of aromatic nitrogens is 2. The van der Waals surface area contributed by atoms with Gasteiger partial charge in [0.15, 0.2) is 0 Å². The molecule has 0 bridgehead atoms.